The number of hydrogen-bond acceptors (Lipinski definition) is 0. The van der Waals surface area contributed by atoms with Gasteiger partial charge in [0, 0.05) is 0 Å². The van der Waals surface area contributed by atoms with Gasteiger partial charge in [-0.15, -0.1) is 0 Å². The minimum absolute atomic E-state index is 0.726. The van der Waals surface area contributed by atoms with Gasteiger partial charge in [-0.05, 0) is 30.3 Å². The molecule has 0 aromatic heterocycles. The molecule has 0 aromatic carbocycles. The molecule has 1 atom stereocenters. The molecule has 0 amide bonds. The van der Waals surface area contributed by atoms with Gasteiger partial charge in [0.15, 0.2) is 0 Å². The van der Waals surface area contributed by atoms with Crippen molar-refractivity contribution in [3.8, 4) is 0 Å². The normalized spacial score (nSPS) is 18.8. The summed E-state index contributed by atoms with van der Waals surface area (Å²) in [5.74, 6) is 1.49. The molecule has 0 saturated heterocycles. The molecule has 0 saturated carbocycles. The molecular formula is C13H22. The summed E-state index contributed by atoms with van der Waals surface area (Å²) in [6.07, 6.45) is 8.48. The zero-order chi connectivity index (χ0) is 9.84. The zero-order valence-corrected chi connectivity index (χ0v) is 9.43. The molecule has 13 heavy (non-hydrogen) atoms. The maximum atomic E-state index is 2.36. The smallest absolute Gasteiger partial charge is 0.0127 e. The van der Waals surface area contributed by atoms with Crippen molar-refractivity contribution in [3.63, 3.8) is 0 Å². The predicted molar refractivity (Wildman–Crippen MR) is 59.7 cm³/mol. The Morgan fingerprint density at radius 2 is 2.00 bits per heavy atom. The van der Waals surface area contributed by atoms with Crippen molar-refractivity contribution in [1.29, 1.82) is 0 Å². The third-order valence-electron chi connectivity index (χ3n) is 2.96. The van der Waals surface area contributed by atoms with Gasteiger partial charge in [0.1, 0.15) is 0 Å². The van der Waals surface area contributed by atoms with E-state index in [2.05, 4.69) is 39.8 Å². The lowest BCUT2D eigenvalue weighted by Gasteiger charge is -2.16. The molecule has 0 aliphatic heterocycles. The molecule has 0 spiro atoms. The quantitative estimate of drug-likeness (QED) is 0.601. The van der Waals surface area contributed by atoms with Crippen LogP contribution in [0.1, 0.15) is 47.0 Å². The van der Waals surface area contributed by atoms with Crippen LogP contribution >= 0.6 is 0 Å². The minimum atomic E-state index is 0.726. The summed E-state index contributed by atoms with van der Waals surface area (Å²) in [6.45, 7) is 9.24. The Morgan fingerprint density at radius 3 is 2.54 bits per heavy atom. The third kappa shape index (κ3) is 2.46. The van der Waals surface area contributed by atoms with Crippen molar-refractivity contribution in [1.82, 2.24) is 0 Å². The fourth-order valence-corrected chi connectivity index (χ4v) is 2.18. The molecule has 1 aliphatic rings. The van der Waals surface area contributed by atoms with Crippen LogP contribution < -0.4 is 0 Å². The van der Waals surface area contributed by atoms with E-state index in [1.807, 2.05) is 0 Å². The van der Waals surface area contributed by atoms with E-state index in [1.165, 1.54) is 19.3 Å². The zero-order valence-electron chi connectivity index (χ0n) is 9.43. The van der Waals surface area contributed by atoms with Gasteiger partial charge in [0.2, 0.25) is 0 Å². The second-order valence-electron chi connectivity index (χ2n) is 4.43. The molecule has 0 fully saturated rings. The summed E-state index contributed by atoms with van der Waals surface area (Å²) >= 11 is 0. The SMILES string of the molecule is CCCC(C)C1=C(C(C)C)CC=C1. The molecule has 0 aromatic rings. The van der Waals surface area contributed by atoms with Gasteiger partial charge in [0.05, 0.1) is 0 Å². The Labute approximate surface area is 82.7 Å². The number of hydrogen-bond donors (Lipinski definition) is 0. The number of rotatable bonds is 4. The first-order valence-electron chi connectivity index (χ1n) is 5.56. The van der Waals surface area contributed by atoms with Gasteiger partial charge in [-0.3, -0.25) is 0 Å². The third-order valence-corrected chi connectivity index (χ3v) is 2.96. The van der Waals surface area contributed by atoms with Crippen LogP contribution in [0.25, 0.3) is 0 Å². The molecule has 0 heteroatoms. The fourth-order valence-electron chi connectivity index (χ4n) is 2.18. The van der Waals surface area contributed by atoms with E-state index in [-0.39, 0.29) is 0 Å². The molecule has 0 heterocycles. The van der Waals surface area contributed by atoms with Crippen LogP contribution in [-0.4, -0.2) is 0 Å². The maximum absolute atomic E-state index is 2.36. The molecule has 1 unspecified atom stereocenters. The van der Waals surface area contributed by atoms with E-state index in [4.69, 9.17) is 0 Å². The van der Waals surface area contributed by atoms with E-state index < -0.39 is 0 Å². The van der Waals surface area contributed by atoms with Gasteiger partial charge in [0.25, 0.3) is 0 Å². The first-order valence-corrected chi connectivity index (χ1v) is 5.56. The lowest BCUT2D eigenvalue weighted by atomic mass is 9.89. The molecule has 1 aliphatic carbocycles. The lowest BCUT2D eigenvalue weighted by Crippen LogP contribution is -2.02. The van der Waals surface area contributed by atoms with E-state index in [0.29, 0.717) is 0 Å². The average molecular weight is 178 g/mol. The van der Waals surface area contributed by atoms with Gasteiger partial charge in [-0.2, -0.15) is 0 Å². The maximum Gasteiger partial charge on any atom is -0.0127 e. The summed E-state index contributed by atoms with van der Waals surface area (Å²) in [5, 5.41) is 0. The van der Waals surface area contributed by atoms with Crippen molar-refractivity contribution < 1.29 is 0 Å². The Hall–Kier alpha value is -0.520. The largest absolute Gasteiger partial charge is 0.0802 e. The second kappa shape index (κ2) is 4.64. The summed E-state index contributed by atoms with van der Waals surface area (Å²) in [4.78, 5) is 0. The van der Waals surface area contributed by atoms with Crippen LogP contribution in [0.4, 0.5) is 0 Å². The van der Waals surface area contributed by atoms with E-state index in [9.17, 15) is 0 Å². The van der Waals surface area contributed by atoms with Crippen LogP contribution in [0, 0.1) is 11.8 Å². The Morgan fingerprint density at radius 1 is 1.31 bits per heavy atom. The van der Waals surface area contributed by atoms with Crippen LogP contribution in [0.2, 0.25) is 0 Å². The highest BCUT2D eigenvalue weighted by atomic mass is 14.2. The van der Waals surface area contributed by atoms with Gasteiger partial charge in [-0.25, -0.2) is 0 Å². The Kier molecular flexibility index (Phi) is 3.77. The topological polar surface area (TPSA) is 0 Å². The Bertz CT molecular complexity index is 218. The molecule has 0 radical (unpaired) electrons. The first-order chi connectivity index (χ1) is 6.16. The van der Waals surface area contributed by atoms with Crippen LogP contribution in [0.3, 0.4) is 0 Å². The molecule has 74 valence electrons. The highest BCUT2D eigenvalue weighted by Gasteiger charge is 2.16. The van der Waals surface area contributed by atoms with Gasteiger partial charge < -0.3 is 0 Å². The summed E-state index contributed by atoms with van der Waals surface area (Å²) < 4.78 is 0. The van der Waals surface area contributed by atoms with Crippen molar-refractivity contribution in [2.24, 2.45) is 11.8 Å². The first kappa shape index (κ1) is 10.6. The molecule has 1 rings (SSSR count). The monoisotopic (exact) mass is 178 g/mol. The second-order valence-corrected chi connectivity index (χ2v) is 4.43. The van der Waals surface area contributed by atoms with Crippen LogP contribution in [-0.2, 0) is 0 Å². The minimum Gasteiger partial charge on any atom is -0.0802 e. The molecular weight excluding hydrogens is 156 g/mol. The highest BCUT2D eigenvalue weighted by Crippen LogP contribution is 2.32. The number of allylic oxidation sites excluding steroid dienone is 4. The standard InChI is InChI=1S/C13H22/c1-5-7-11(4)13-9-6-8-12(13)10(2)3/h6,9-11H,5,7-8H2,1-4H3. The molecule has 0 nitrogen and oxygen atoms in total. The Balaban J connectivity index is 2.73. The van der Waals surface area contributed by atoms with Crippen LogP contribution in [0.5, 0.6) is 0 Å². The summed E-state index contributed by atoms with van der Waals surface area (Å²) in [5.41, 5.74) is 3.29. The average Bonchev–Trinajstić information content (AvgIpc) is 2.52. The fraction of sp³-hybridized carbons (Fsp3) is 0.692. The van der Waals surface area contributed by atoms with Crippen molar-refractivity contribution in [3.05, 3.63) is 23.3 Å². The van der Waals surface area contributed by atoms with E-state index in [0.717, 1.165) is 11.8 Å². The summed E-state index contributed by atoms with van der Waals surface area (Å²) in [7, 11) is 0. The van der Waals surface area contributed by atoms with E-state index >= 15 is 0 Å². The van der Waals surface area contributed by atoms with Crippen molar-refractivity contribution in [2.75, 3.05) is 0 Å². The van der Waals surface area contributed by atoms with Crippen molar-refractivity contribution >= 4 is 0 Å². The lowest BCUT2D eigenvalue weighted by molar-refractivity contribution is 0.596. The van der Waals surface area contributed by atoms with E-state index in [1.54, 1.807) is 11.1 Å². The molecule has 0 N–H and O–H groups in total. The van der Waals surface area contributed by atoms with Crippen LogP contribution in [0.15, 0.2) is 23.3 Å². The predicted octanol–water partition coefficient (Wildman–Crippen LogP) is 4.34. The van der Waals surface area contributed by atoms with Crippen molar-refractivity contribution in [2.45, 2.75) is 47.0 Å². The molecule has 0 bridgehead atoms. The summed E-state index contributed by atoms with van der Waals surface area (Å²) in [6, 6.07) is 0. The highest BCUT2D eigenvalue weighted by molar-refractivity contribution is 5.36. The van der Waals surface area contributed by atoms with Gasteiger partial charge in [-0.1, -0.05) is 51.8 Å². The van der Waals surface area contributed by atoms with Gasteiger partial charge >= 0.3 is 0 Å².